The van der Waals surface area contributed by atoms with Crippen LogP contribution in [0.25, 0.3) is 22.0 Å². The lowest BCUT2D eigenvalue weighted by atomic mass is 10.0. The number of nitrogens with zero attached hydrogens (tertiary/aromatic N) is 2. The Labute approximate surface area is 99.5 Å². The van der Waals surface area contributed by atoms with E-state index in [4.69, 9.17) is 0 Å². The molecule has 2 aromatic heterocycles. The first-order valence-corrected chi connectivity index (χ1v) is 5.61. The summed E-state index contributed by atoms with van der Waals surface area (Å²) >= 11 is 0. The molecule has 84 valence electrons. The van der Waals surface area contributed by atoms with E-state index in [1.165, 1.54) is 21.9 Å². The number of aromatic nitrogens is 3. The van der Waals surface area contributed by atoms with E-state index in [-0.39, 0.29) is 0 Å². The van der Waals surface area contributed by atoms with Crippen LogP contribution in [0.2, 0.25) is 0 Å². The van der Waals surface area contributed by atoms with Gasteiger partial charge in [-0.25, -0.2) is 4.98 Å². The minimum Gasteiger partial charge on any atom is -0.342 e. The van der Waals surface area contributed by atoms with Crippen LogP contribution in [0.4, 0.5) is 0 Å². The highest BCUT2D eigenvalue weighted by atomic mass is 14.9. The van der Waals surface area contributed by atoms with Crippen LogP contribution in [-0.2, 0) is 0 Å². The van der Waals surface area contributed by atoms with Gasteiger partial charge in [-0.05, 0) is 30.9 Å². The smallest absolute Gasteiger partial charge is 0.103 e. The highest BCUT2D eigenvalue weighted by Gasteiger charge is 2.07. The molecule has 3 heteroatoms. The zero-order chi connectivity index (χ0) is 11.8. The maximum absolute atomic E-state index is 4.25. The SMILES string of the molecule is Cc1ncc(-c2ccc(C)c3cnccc23)[nH]1. The predicted molar refractivity (Wildman–Crippen MR) is 68.8 cm³/mol. The van der Waals surface area contributed by atoms with Crippen molar-refractivity contribution in [3.05, 3.63) is 48.2 Å². The molecule has 3 nitrogen and oxygen atoms in total. The fraction of sp³-hybridized carbons (Fsp3) is 0.143. The molecular weight excluding hydrogens is 210 g/mol. The van der Waals surface area contributed by atoms with E-state index in [2.05, 4.69) is 34.0 Å². The van der Waals surface area contributed by atoms with Gasteiger partial charge in [0.05, 0.1) is 11.9 Å². The van der Waals surface area contributed by atoms with E-state index < -0.39 is 0 Å². The number of pyridine rings is 1. The second kappa shape index (κ2) is 3.70. The van der Waals surface area contributed by atoms with Gasteiger partial charge >= 0.3 is 0 Å². The van der Waals surface area contributed by atoms with E-state index in [0.717, 1.165) is 11.5 Å². The summed E-state index contributed by atoms with van der Waals surface area (Å²) in [7, 11) is 0. The van der Waals surface area contributed by atoms with Gasteiger partial charge in [0.25, 0.3) is 0 Å². The van der Waals surface area contributed by atoms with Crippen LogP contribution in [0.15, 0.2) is 36.8 Å². The number of fused-ring (bicyclic) bond motifs is 1. The van der Waals surface area contributed by atoms with E-state index >= 15 is 0 Å². The second-order valence-corrected chi connectivity index (χ2v) is 4.23. The maximum atomic E-state index is 4.25. The van der Waals surface area contributed by atoms with Crippen molar-refractivity contribution < 1.29 is 0 Å². The van der Waals surface area contributed by atoms with Gasteiger partial charge in [0.1, 0.15) is 5.82 Å². The molecule has 0 amide bonds. The number of nitrogens with one attached hydrogen (secondary N) is 1. The second-order valence-electron chi connectivity index (χ2n) is 4.23. The molecule has 3 rings (SSSR count). The van der Waals surface area contributed by atoms with Gasteiger partial charge in [-0.3, -0.25) is 4.98 Å². The van der Waals surface area contributed by atoms with Gasteiger partial charge in [0, 0.05) is 23.3 Å². The Kier molecular flexibility index (Phi) is 2.18. The molecule has 0 aliphatic heterocycles. The van der Waals surface area contributed by atoms with Crippen molar-refractivity contribution >= 4 is 10.8 Å². The summed E-state index contributed by atoms with van der Waals surface area (Å²) in [4.78, 5) is 11.7. The van der Waals surface area contributed by atoms with E-state index in [1.54, 1.807) is 0 Å². The largest absolute Gasteiger partial charge is 0.342 e. The molecule has 0 bridgehead atoms. The monoisotopic (exact) mass is 223 g/mol. The Morgan fingerprint density at radius 3 is 2.65 bits per heavy atom. The highest BCUT2D eigenvalue weighted by molar-refractivity contribution is 5.97. The molecule has 2 heterocycles. The minimum atomic E-state index is 0.933. The summed E-state index contributed by atoms with van der Waals surface area (Å²) in [6.45, 7) is 4.06. The number of aromatic amines is 1. The molecule has 0 fully saturated rings. The third-order valence-corrected chi connectivity index (χ3v) is 3.03. The van der Waals surface area contributed by atoms with E-state index in [0.29, 0.717) is 0 Å². The maximum Gasteiger partial charge on any atom is 0.103 e. The Morgan fingerprint density at radius 2 is 1.88 bits per heavy atom. The molecule has 0 radical (unpaired) electrons. The molecular formula is C14H13N3. The normalized spacial score (nSPS) is 10.9. The lowest BCUT2D eigenvalue weighted by molar-refractivity contribution is 1.15. The third-order valence-electron chi connectivity index (χ3n) is 3.03. The lowest BCUT2D eigenvalue weighted by Gasteiger charge is -2.06. The van der Waals surface area contributed by atoms with Crippen molar-refractivity contribution in [2.45, 2.75) is 13.8 Å². The topological polar surface area (TPSA) is 41.6 Å². The Bertz CT molecular complexity index is 683. The first kappa shape index (κ1) is 10.0. The fourth-order valence-corrected chi connectivity index (χ4v) is 2.12. The van der Waals surface area contributed by atoms with Gasteiger partial charge in [-0.15, -0.1) is 0 Å². The highest BCUT2D eigenvalue weighted by Crippen LogP contribution is 2.28. The van der Waals surface area contributed by atoms with Crippen LogP contribution in [-0.4, -0.2) is 15.0 Å². The number of imidazole rings is 1. The van der Waals surface area contributed by atoms with Crippen LogP contribution in [0.5, 0.6) is 0 Å². The Morgan fingerprint density at radius 1 is 1.00 bits per heavy atom. The first-order valence-electron chi connectivity index (χ1n) is 5.61. The summed E-state index contributed by atoms with van der Waals surface area (Å²) in [6.07, 6.45) is 5.62. The number of H-pyrrole nitrogens is 1. The van der Waals surface area contributed by atoms with Crippen LogP contribution < -0.4 is 0 Å². The summed E-state index contributed by atoms with van der Waals surface area (Å²) in [5.41, 5.74) is 3.47. The molecule has 17 heavy (non-hydrogen) atoms. The number of hydrogen-bond acceptors (Lipinski definition) is 2. The minimum absolute atomic E-state index is 0.933. The average Bonchev–Trinajstić information content (AvgIpc) is 2.77. The summed E-state index contributed by atoms with van der Waals surface area (Å²) in [5.74, 6) is 0.933. The quantitative estimate of drug-likeness (QED) is 0.688. The number of benzene rings is 1. The number of aryl methyl sites for hydroxylation is 2. The first-order chi connectivity index (χ1) is 8.25. The van der Waals surface area contributed by atoms with Gasteiger partial charge in [-0.1, -0.05) is 12.1 Å². The number of hydrogen-bond donors (Lipinski definition) is 1. The van der Waals surface area contributed by atoms with Crippen molar-refractivity contribution in [3.8, 4) is 11.3 Å². The van der Waals surface area contributed by atoms with Crippen LogP contribution in [0, 0.1) is 13.8 Å². The summed E-state index contributed by atoms with van der Waals surface area (Å²) in [6, 6.07) is 6.30. The molecule has 0 spiro atoms. The van der Waals surface area contributed by atoms with Crippen molar-refractivity contribution in [1.82, 2.24) is 15.0 Å². The fourth-order valence-electron chi connectivity index (χ4n) is 2.12. The van der Waals surface area contributed by atoms with Crippen molar-refractivity contribution in [2.24, 2.45) is 0 Å². The standard InChI is InChI=1S/C14H13N3/c1-9-3-4-12(14-8-16-10(2)17-14)11-5-6-15-7-13(9)11/h3-8H,1-2H3,(H,16,17). The van der Waals surface area contributed by atoms with E-state index in [9.17, 15) is 0 Å². The molecule has 0 saturated carbocycles. The summed E-state index contributed by atoms with van der Waals surface area (Å²) in [5, 5.41) is 2.40. The van der Waals surface area contributed by atoms with Crippen molar-refractivity contribution in [2.75, 3.05) is 0 Å². The zero-order valence-electron chi connectivity index (χ0n) is 9.86. The average molecular weight is 223 g/mol. The molecule has 3 aromatic rings. The lowest BCUT2D eigenvalue weighted by Crippen LogP contribution is -1.85. The zero-order valence-corrected chi connectivity index (χ0v) is 9.86. The molecule has 1 aromatic carbocycles. The third kappa shape index (κ3) is 1.60. The van der Waals surface area contributed by atoms with Crippen LogP contribution in [0.3, 0.4) is 0 Å². The molecule has 0 atom stereocenters. The van der Waals surface area contributed by atoms with Gasteiger partial charge < -0.3 is 4.98 Å². The molecule has 1 N–H and O–H groups in total. The summed E-state index contributed by atoms with van der Waals surface area (Å²) < 4.78 is 0. The molecule has 0 unspecified atom stereocenters. The molecule has 0 saturated heterocycles. The van der Waals surface area contributed by atoms with Gasteiger partial charge in [0.15, 0.2) is 0 Å². The van der Waals surface area contributed by atoms with Crippen LogP contribution in [0.1, 0.15) is 11.4 Å². The van der Waals surface area contributed by atoms with E-state index in [1.807, 2.05) is 31.6 Å². The molecule has 0 aliphatic carbocycles. The van der Waals surface area contributed by atoms with Gasteiger partial charge in [0.2, 0.25) is 0 Å². The Hall–Kier alpha value is -2.16. The van der Waals surface area contributed by atoms with Crippen molar-refractivity contribution in [1.29, 1.82) is 0 Å². The van der Waals surface area contributed by atoms with Gasteiger partial charge in [-0.2, -0.15) is 0 Å². The molecule has 0 aliphatic rings. The predicted octanol–water partition coefficient (Wildman–Crippen LogP) is 3.24. The number of rotatable bonds is 1. The Balaban J connectivity index is 2.34. The van der Waals surface area contributed by atoms with Crippen LogP contribution >= 0.6 is 0 Å². The van der Waals surface area contributed by atoms with Crippen molar-refractivity contribution in [3.63, 3.8) is 0 Å².